The molecule has 0 fully saturated rings. The zero-order chi connectivity index (χ0) is 18.3. The molecule has 0 aliphatic carbocycles. The first-order chi connectivity index (χ1) is 12.5. The average Bonchev–Trinajstić information content (AvgIpc) is 2.88. The lowest BCUT2D eigenvalue weighted by Crippen LogP contribution is -2.03. The van der Waals surface area contributed by atoms with E-state index in [1.807, 2.05) is 12.3 Å². The van der Waals surface area contributed by atoms with Crippen molar-refractivity contribution in [1.29, 1.82) is 0 Å². The molecule has 0 atom stereocenters. The molecular formula is C23H22ClFN2. The summed E-state index contributed by atoms with van der Waals surface area (Å²) in [7, 11) is 0. The fourth-order valence-corrected chi connectivity index (χ4v) is 3.53. The Morgan fingerprint density at radius 3 is 2.41 bits per heavy atom. The molecule has 27 heavy (non-hydrogen) atoms. The molecule has 0 saturated heterocycles. The summed E-state index contributed by atoms with van der Waals surface area (Å²) in [4.78, 5) is 4.69. The standard InChI is InChI=1S/C23H21FN2.ClH/c1-15-7-9-19(10-8-15)22-23-21(11-12-25-22)16(2)17(3)26(23)14-18-5-4-6-20(24)13-18;/h4-13H,14H2,1-3H3;1H. The highest BCUT2D eigenvalue weighted by Crippen LogP contribution is 2.33. The van der Waals surface area contributed by atoms with E-state index in [1.54, 1.807) is 12.1 Å². The van der Waals surface area contributed by atoms with Crippen LogP contribution in [0.25, 0.3) is 22.2 Å². The predicted molar refractivity (Wildman–Crippen MR) is 112 cm³/mol. The van der Waals surface area contributed by atoms with E-state index in [4.69, 9.17) is 0 Å². The van der Waals surface area contributed by atoms with E-state index in [0.717, 1.165) is 22.3 Å². The zero-order valence-corrected chi connectivity index (χ0v) is 16.5. The molecule has 4 heteroatoms. The van der Waals surface area contributed by atoms with Crippen molar-refractivity contribution in [3.8, 4) is 11.3 Å². The Labute approximate surface area is 165 Å². The first kappa shape index (κ1) is 19.1. The Hall–Kier alpha value is -2.65. The van der Waals surface area contributed by atoms with Crippen molar-refractivity contribution in [2.75, 3.05) is 0 Å². The Morgan fingerprint density at radius 1 is 0.963 bits per heavy atom. The summed E-state index contributed by atoms with van der Waals surface area (Å²) < 4.78 is 15.9. The highest BCUT2D eigenvalue weighted by molar-refractivity contribution is 5.95. The van der Waals surface area contributed by atoms with Gasteiger partial charge < -0.3 is 4.57 Å². The molecule has 4 rings (SSSR count). The first-order valence-electron chi connectivity index (χ1n) is 8.80. The van der Waals surface area contributed by atoms with Crippen LogP contribution in [0.3, 0.4) is 0 Å². The fraction of sp³-hybridized carbons (Fsp3) is 0.174. The second kappa shape index (κ2) is 7.53. The molecular weight excluding hydrogens is 359 g/mol. The van der Waals surface area contributed by atoms with Gasteiger partial charge in [-0.15, -0.1) is 12.4 Å². The molecule has 0 N–H and O–H groups in total. The summed E-state index contributed by atoms with van der Waals surface area (Å²) in [6.45, 7) is 6.96. The third kappa shape index (κ3) is 3.47. The lowest BCUT2D eigenvalue weighted by molar-refractivity contribution is 0.623. The predicted octanol–water partition coefficient (Wildman–Crippen LogP) is 6.24. The second-order valence-corrected chi connectivity index (χ2v) is 6.85. The van der Waals surface area contributed by atoms with Gasteiger partial charge in [0.1, 0.15) is 5.82 Å². The normalized spacial score (nSPS) is 10.8. The van der Waals surface area contributed by atoms with Crippen LogP contribution in [-0.2, 0) is 6.54 Å². The minimum Gasteiger partial charge on any atom is -0.338 e. The molecule has 2 aromatic carbocycles. The van der Waals surface area contributed by atoms with Gasteiger partial charge in [-0.25, -0.2) is 4.39 Å². The van der Waals surface area contributed by atoms with Gasteiger partial charge in [0.2, 0.25) is 0 Å². The van der Waals surface area contributed by atoms with Gasteiger partial charge in [0.25, 0.3) is 0 Å². The molecule has 2 aromatic heterocycles. The molecule has 0 aliphatic rings. The van der Waals surface area contributed by atoms with Crippen LogP contribution in [0, 0.1) is 26.6 Å². The Bertz CT molecular complexity index is 1100. The summed E-state index contributed by atoms with van der Waals surface area (Å²) in [5.41, 5.74) is 7.77. The van der Waals surface area contributed by atoms with E-state index in [0.29, 0.717) is 6.54 Å². The van der Waals surface area contributed by atoms with Crippen molar-refractivity contribution < 1.29 is 4.39 Å². The van der Waals surface area contributed by atoms with Gasteiger partial charge >= 0.3 is 0 Å². The smallest absolute Gasteiger partial charge is 0.123 e. The van der Waals surface area contributed by atoms with E-state index in [9.17, 15) is 4.39 Å². The summed E-state index contributed by atoms with van der Waals surface area (Å²) in [6.07, 6.45) is 1.87. The second-order valence-electron chi connectivity index (χ2n) is 6.85. The first-order valence-corrected chi connectivity index (χ1v) is 8.80. The van der Waals surface area contributed by atoms with Crippen LogP contribution in [-0.4, -0.2) is 9.55 Å². The van der Waals surface area contributed by atoms with Crippen molar-refractivity contribution in [2.45, 2.75) is 27.3 Å². The van der Waals surface area contributed by atoms with Crippen molar-refractivity contribution in [1.82, 2.24) is 9.55 Å². The van der Waals surface area contributed by atoms with Crippen LogP contribution in [0.4, 0.5) is 4.39 Å². The van der Waals surface area contributed by atoms with Crippen LogP contribution >= 0.6 is 12.4 Å². The van der Waals surface area contributed by atoms with E-state index >= 15 is 0 Å². The lowest BCUT2D eigenvalue weighted by Gasteiger charge is -2.12. The van der Waals surface area contributed by atoms with Gasteiger partial charge in [-0.2, -0.15) is 0 Å². The highest BCUT2D eigenvalue weighted by Gasteiger charge is 2.16. The number of nitrogens with zero attached hydrogens (tertiary/aromatic N) is 2. The van der Waals surface area contributed by atoms with Crippen molar-refractivity contribution in [3.05, 3.63) is 89.0 Å². The zero-order valence-electron chi connectivity index (χ0n) is 15.7. The van der Waals surface area contributed by atoms with Crippen LogP contribution in [0.5, 0.6) is 0 Å². The topological polar surface area (TPSA) is 17.8 Å². The number of halogens is 2. The minimum atomic E-state index is -0.204. The van der Waals surface area contributed by atoms with E-state index in [-0.39, 0.29) is 18.2 Å². The maximum atomic E-state index is 13.7. The third-order valence-corrected chi connectivity index (χ3v) is 5.10. The third-order valence-electron chi connectivity index (χ3n) is 5.10. The summed E-state index contributed by atoms with van der Waals surface area (Å²) in [5.74, 6) is -0.204. The minimum absolute atomic E-state index is 0. The van der Waals surface area contributed by atoms with Gasteiger partial charge in [-0.1, -0.05) is 42.0 Å². The number of aryl methyl sites for hydroxylation is 2. The molecule has 0 unspecified atom stereocenters. The van der Waals surface area contributed by atoms with Crippen LogP contribution in [0.2, 0.25) is 0 Å². The maximum absolute atomic E-state index is 13.7. The SMILES string of the molecule is Cc1ccc(-c2nccc3c(C)c(C)n(Cc4cccc(F)c4)c23)cc1.Cl. The van der Waals surface area contributed by atoms with Gasteiger partial charge in [0.05, 0.1) is 11.2 Å². The summed E-state index contributed by atoms with van der Waals surface area (Å²) >= 11 is 0. The number of hydrogen-bond donors (Lipinski definition) is 0. The Balaban J connectivity index is 0.00000210. The van der Waals surface area contributed by atoms with E-state index in [2.05, 4.69) is 60.7 Å². The molecule has 138 valence electrons. The van der Waals surface area contributed by atoms with Crippen LogP contribution in [0.15, 0.2) is 60.8 Å². The molecule has 0 spiro atoms. The van der Waals surface area contributed by atoms with Gasteiger partial charge in [-0.05, 0) is 50.1 Å². The number of benzene rings is 2. The number of pyridine rings is 1. The van der Waals surface area contributed by atoms with Crippen LogP contribution in [0.1, 0.15) is 22.4 Å². The maximum Gasteiger partial charge on any atom is 0.123 e. The van der Waals surface area contributed by atoms with E-state index in [1.165, 1.54) is 28.3 Å². The van der Waals surface area contributed by atoms with E-state index < -0.39 is 0 Å². The van der Waals surface area contributed by atoms with Gasteiger partial charge in [0.15, 0.2) is 0 Å². The van der Waals surface area contributed by atoms with Crippen molar-refractivity contribution >= 4 is 23.3 Å². The molecule has 0 bridgehead atoms. The van der Waals surface area contributed by atoms with Gasteiger partial charge in [-0.3, -0.25) is 4.98 Å². The van der Waals surface area contributed by atoms with Crippen molar-refractivity contribution in [3.63, 3.8) is 0 Å². The molecule has 2 heterocycles. The fourth-order valence-electron chi connectivity index (χ4n) is 3.53. The number of hydrogen-bond acceptors (Lipinski definition) is 1. The molecule has 0 radical (unpaired) electrons. The molecule has 2 nitrogen and oxygen atoms in total. The number of fused-ring (bicyclic) bond motifs is 1. The molecule has 4 aromatic rings. The molecule has 0 amide bonds. The highest BCUT2D eigenvalue weighted by atomic mass is 35.5. The monoisotopic (exact) mass is 380 g/mol. The Kier molecular flexibility index (Phi) is 5.33. The van der Waals surface area contributed by atoms with Gasteiger partial charge in [0, 0.05) is 29.4 Å². The average molecular weight is 381 g/mol. The number of aromatic nitrogens is 2. The van der Waals surface area contributed by atoms with Crippen molar-refractivity contribution in [2.24, 2.45) is 0 Å². The Morgan fingerprint density at radius 2 is 1.70 bits per heavy atom. The molecule has 0 aliphatic heterocycles. The summed E-state index contributed by atoms with van der Waals surface area (Å²) in [6, 6.07) is 17.3. The largest absolute Gasteiger partial charge is 0.338 e. The van der Waals surface area contributed by atoms with Crippen LogP contribution < -0.4 is 0 Å². The quantitative estimate of drug-likeness (QED) is 0.411. The molecule has 0 saturated carbocycles. The number of rotatable bonds is 3. The lowest BCUT2D eigenvalue weighted by atomic mass is 10.1. The summed E-state index contributed by atoms with van der Waals surface area (Å²) in [5, 5.41) is 1.20.